The predicted octanol–water partition coefficient (Wildman–Crippen LogP) is 6.06. The monoisotopic (exact) mass is 436 g/mol. The summed E-state index contributed by atoms with van der Waals surface area (Å²) in [6.45, 7) is 0. The maximum absolute atomic E-state index is 9.43. The lowest BCUT2D eigenvalue weighted by Crippen LogP contribution is -1.95. The van der Waals surface area contributed by atoms with Crippen molar-refractivity contribution in [3.8, 4) is 17.2 Å². The fourth-order valence-corrected chi connectivity index (χ4v) is 4.44. The second kappa shape index (κ2) is 7.43. The van der Waals surface area contributed by atoms with Crippen molar-refractivity contribution >= 4 is 64.1 Å². The third kappa shape index (κ3) is 2.91. The van der Waals surface area contributed by atoms with Gasteiger partial charge in [0.05, 0.1) is 24.3 Å². The molecule has 4 rings (SSSR count). The van der Waals surface area contributed by atoms with Crippen LogP contribution < -0.4 is 14.0 Å². The molecule has 0 fully saturated rings. The number of rotatable bonds is 4. The average Bonchev–Trinajstić information content (AvgIpc) is 2.67. The Morgan fingerprint density at radius 1 is 0.714 bits per heavy atom. The minimum absolute atomic E-state index is 0.346. The van der Waals surface area contributed by atoms with Crippen LogP contribution in [0.2, 0.25) is 10.0 Å². The van der Waals surface area contributed by atoms with Crippen molar-refractivity contribution in [1.29, 1.82) is 0 Å². The molecule has 8 heteroatoms. The van der Waals surface area contributed by atoms with E-state index in [1.165, 1.54) is 7.11 Å². The van der Waals surface area contributed by atoms with Gasteiger partial charge in [-0.25, -0.2) is 0 Å². The summed E-state index contributed by atoms with van der Waals surface area (Å²) in [6.07, 6.45) is 0. The van der Waals surface area contributed by atoms with E-state index >= 15 is 0 Å². The Labute approximate surface area is 172 Å². The van der Waals surface area contributed by atoms with Crippen LogP contribution >= 0.6 is 31.8 Å². The minimum atomic E-state index is -2.58. The smallest absolute Gasteiger partial charge is 0.391 e. The zero-order valence-electron chi connectivity index (χ0n) is 14.9. The molecule has 0 aromatic heterocycles. The van der Waals surface area contributed by atoms with Crippen LogP contribution in [0, 0.1) is 0 Å². The highest BCUT2D eigenvalue weighted by atomic mass is 35.5. The van der Waals surface area contributed by atoms with Gasteiger partial charge in [0.1, 0.15) is 17.2 Å². The molecule has 0 aliphatic rings. The van der Waals surface area contributed by atoms with Crippen LogP contribution in [-0.4, -0.2) is 24.0 Å². The van der Waals surface area contributed by atoms with Gasteiger partial charge in [0, 0.05) is 16.2 Å². The lowest BCUT2D eigenvalue weighted by atomic mass is 9.92. The number of hydrogen-bond donors (Lipinski definition) is 2. The first-order valence-corrected chi connectivity index (χ1v) is 10.1. The van der Waals surface area contributed by atoms with Crippen molar-refractivity contribution in [3.63, 3.8) is 0 Å². The lowest BCUT2D eigenvalue weighted by molar-refractivity contribution is 0.377. The first kappa shape index (κ1) is 19.3. The third-order valence-electron chi connectivity index (χ3n) is 4.64. The summed E-state index contributed by atoms with van der Waals surface area (Å²) in [5.41, 5.74) is 0. The summed E-state index contributed by atoms with van der Waals surface area (Å²) in [7, 11) is 0.508. The van der Waals surface area contributed by atoms with Crippen LogP contribution in [0.25, 0.3) is 32.3 Å². The SMILES string of the molecule is COc1c(Cl)ccc2c3cccc(OP(O)O)c3c3ccc(Cl)c(OC)c3c12. The first-order valence-electron chi connectivity index (χ1n) is 8.20. The maximum atomic E-state index is 9.43. The summed E-state index contributed by atoms with van der Waals surface area (Å²) in [5.74, 6) is 1.32. The van der Waals surface area contributed by atoms with E-state index in [2.05, 4.69) is 0 Å². The number of hydrogen-bond acceptors (Lipinski definition) is 5. The molecule has 0 heterocycles. The Balaban J connectivity index is 2.37. The van der Waals surface area contributed by atoms with Crippen molar-refractivity contribution in [1.82, 2.24) is 0 Å². The summed E-state index contributed by atoms with van der Waals surface area (Å²) in [5, 5.41) is 5.50. The summed E-state index contributed by atoms with van der Waals surface area (Å²) >= 11 is 12.8. The maximum Gasteiger partial charge on any atom is 0.391 e. The van der Waals surface area contributed by atoms with Gasteiger partial charge in [-0.1, -0.05) is 47.5 Å². The zero-order chi connectivity index (χ0) is 20.0. The van der Waals surface area contributed by atoms with Crippen molar-refractivity contribution in [2.45, 2.75) is 0 Å². The van der Waals surface area contributed by atoms with E-state index in [0.29, 0.717) is 38.1 Å². The number of halogens is 2. The number of methoxy groups -OCH3 is 2. The molecular weight excluding hydrogens is 422 g/mol. The lowest BCUT2D eigenvalue weighted by Gasteiger charge is -2.19. The molecule has 0 saturated heterocycles. The molecule has 0 unspecified atom stereocenters. The fraction of sp³-hybridized carbons (Fsp3) is 0.100. The van der Waals surface area contributed by atoms with Crippen LogP contribution in [0.3, 0.4) is 0 Å². The van der Waals surface area contributed by atoms with Crippen LogP contribution in [0.4, 0.5) is 0 Å². The van der Waals surface area contributed by atoms with Crippen molar-refractivity contribution < 1.29 is 23.8 Å². The van der Waals surface area contributed by atoms with E-state index in [-0.39, 0.29) is 0 Å². The van der Waals surface area contributed by atoms with Gasteiger partial charge in [0.25, 0.3) is 0 Å². The minimum Gasteiger partial charge on any atom is -0.495 e. The second-order valence-corrected chi connectivity index (χ2v) is 7.53. The molecule has 0 aliphatic heterocycles. The summed E-state index contributed by atoms with van der Waals surface area (Å²) in [4.78, 5) is 18.9. The molecule has 4 aromatic rings. The first-order chi connectivity index (χ1) is 13.5. The third-order valence-corrected chi connectivity index (χ3v) is 5.60. The van der Waals surface area contributed by atoms with Crippen LogP contribution in [0.1, 0.15) is 0 Å². The summed E-state index contributed by atoms with van der Waals surface area (Å²) in [6, 6.07) is 12.6. The molecule has 0 bridgehead atoms. The quantitative estimate of drug-likeness (QED) is 0.300. The second-order valence-electron chi connectivity index (χ2n) is 6.03. The molecule has 0 spiro atoms. The van der Waals surface area contributed by atoms with Gasteiger partial charge in [-0.2, -0.15) is 0 Å². The van der Waals surface area contributed by atoms with Gasteiger partial charge >= 0.3 is 8.60 Å². The van der Waals surface area contributed by atoms with E-state index in [0.717, 1.165) is 21.5 Å². The fourth-order valence-electron chi connectivity index (χ4n) is 3.64. The molecule has 0 aliphatic carbocycles. The van der Waals surface area contributed by atoms with Gasteiger partial charge < -0.3 is 23.8 Å². The molecule has 0 atom stereocenters. The van der Waals surface area contributed by atoms with Gasteiger partial charge in [-0.05, 0) is 34.4 Å². The van der Waals surface area contributed by atoms with Gasteiger partial charge in [0.15, 0.2) is 0 Å². The average molecular weight is 437 g/mol. The molecule has 0 saturated carbocycles. The van der Waals surface area contributed by atoms with E-state index in [1.54, 1.807) is 31.4 Å². The van der Waals surface area contributed by atoms with Crippen molar-refractivity contribution in [3.05, 3.63) is 52.5 Å². The molecule has 2 N–H and O–H groups in total. The Hall–Kier alpha value is -2.01. The highest BCUT2D eigenvalue weighted by Gasteiger charge is 2.21. The van der Waals surface area contributed by atoms with Crippen molar-refractivity contribution in [2.75, 3.05) is 14.2 Å². The highest BCUT2D eigenvalue weighted by Crippen LogP contribution is 2.50. The highest BCUT2D eigenvalue weighted by molar-refractivity contribution is 7.39. The standard InChI is InChI=1S/C20H15Cl2O5P/c1-25-19-13(21)8-6-11-10-4-3-5-15(27-28(23)24)16(10)12-7-9-14(22)20(26-2)18(12)17(11)19/h3-9,23-24H,1-2H3. The Bertz CT molecular complexity index is 1230. The van der Waals surface area contributed by atoms with Gasteiger partial charge in [0.2, 0.25) is 0 Å². The molecule has 5 nitrogen and oxygen atoms in total. The van der Waals surface area contributed by atoms with Crippen LogP contribution in [0.5, 0.6) is 17.2 Å². The van der Waals surface area contributed by atoms with Gasteiger partial charge in [-0.15, -0.1) is 0 Å². The molecule has 28 heavy (non-hydrogen) atoms. The molecule has 144 valence electrons. The Morgan fingerprint density at radius 3 is 1.82 bits per heavy atom. The number of fused-ring (bicyclic) bond motifs is 6. The van der Waals surface area contributed by atoms with Crippen LogP contribution in [-0.2, 0) is 0 Å². The van der Waals surface area contributed by atoms with Crippen molar-refractivity contribution in [2.24, 2.45) is 0 Å². The normalized spacial score (nSPS) is 11.5. The zero-order valence-corrected chi connectivity index (χ0v) is 17.3. The topological polar surface area (TPSA) is 68.2 Å². The van der Waals surface area contributed by atoms with E-state index in [1.807, 2.05) is 18.2 Å². The van der Waals surface area contributed by atoms with Gasteiger partial charge in [-0.3, -0.25) is 0 Å². The number of benzene rings is 4. The van der Waals surface area contributed by atoms with Crippen LogP contribution in [0.15, 0.2) is 42.5 Å². The Kier molecular flexibility index (Phi) is 5.13. The van der Waals surface area contributed by atoms with E-state index in [9.17, 15) is 9.79 Å². The Morgan fingerprint density at radius 2 is 1.25 bits per heavy atom. The number of ether oxygens (including phenoxy) is 2. The molecule has 0 radical (unpaired) electrons. The largest absolute Gasteiger partial charge is 0.495 e. The predicted molar refractivity (Wildman–Crippen MR) is 114 cm³/mol. The summed E-state index contributed by atoms with van der Waals surface area (Å²) < 4.78 is 16.5. The van der Waals surface area contributed by atoms with E-state index < -0.39 is 8.60 Å². The molecular formula is C20H15Cl2O5P. The molecule has 4 aromatic carbocycles. The van der Waals surface area contributed by atoms with E-state index in [4.69, 9.17) is 37.2 Å². The molecule has 0 amide bonds.